The molecule has 2 unspecified atom stereocenters. The molecule has 0 aliphatic carbocycles. The molecule has 0 spiro atoms. The molecular weight excluding hydrogens is 550 g/mol. The fourth-order valence-corrected chi connectivity index (χ4v) is 5.03. The van der Waals surface area contributed by atoms with Crippen molar-refractivity contribution in [1.29, 1.82) is 0 Å². The molecule has 6 nitrogen and oxygen atoms in total. The molecule has 12 heteroatoms. The molecule has 3 amide bonds. The van der Waals surface area contributed by atoms with Gasteiger partial charge in [-0.1, -0.05) is 54.1 Å². The summed E-state index contributed by atoms with van der Waals surface area (Å²) in [6.45, 7) is 2.00. The standard InChI is InChI=1S/C29H24F6N4O2/c1-17-3-2-4-20(15-17)25-24(18-5-9-21(10-6-18)28(30,31)32)37-26(19-7-11-22(12-8-19)29(33,34)35)39(25)27(41)38-14-13-36-23(40)16-38/h2-12,15,24-25H,13-14,16H2,1H3,(H,36,40). The maximum Gasteiger partial charge on any atom is 0.416 e. The highest BCUT2D eigenvalue weighted by Gasteiger charge is 2.45. The number of amidine groups is 1. The maximum absolute atomic E-state index is 14.0. The second kappa shape index (κ2) is 10.6. The van der Waals surface area contributed by atoms with E-state index in [1.54, 1.807) is 12.1 Å². The summed E-state index contributed by atoms with van der Waals surface area (Å²) in [5.74, 6) is -0.325. The van der Waals surface area contributed by atoms with E-state index >= 15 is 0 Å². The fraction of sp³-hybridized carbons (Fsp3) is 0.276. The van der Waals surface area contributed by atoms with Gasteiger partial charge in [0, 0.05) is 18.7 Å². The zero-order valence-electron chi connectivity index (χ0n) is 21.6. The van der Waals surface area contributed by atoms with Gasteiger partial charge < -0.3 is 10.2 Å². The lowest BCUT2D eigenvalue weighted by molar-refractivity contribution is -0.138. The molecule has 2 atom stereocenters. The summed E-state index contributed by atoms with van der Waals surface area (Å²) in [5.41, 5.74) is 0.308. The Labute approximate surface area is 231 Å². The number of hydrogen-bond donors (Lipinski definition) is 1. The SMILES string of the molecule is Cc1cccc(C2C(c3ccc(C(F)(F)F)cc3)N=C(c3ccc(C(F)(F)F)cc3)N2C(=O)N2CCNC(=O)C2)c1. The van der Waals surface area contributed by atoms with Crippen LogP contribution in [-0.4, -0.2) is 47.2 Å². The van der Waals surface area contributed by atoms with Crippen molar-refractivity contribution < 1.29 is 35.9 Å². The number of alkyl halides is 6. The van der Waals surface area contributed by atoms with Crippen LogP contribution >= 0.6 is 0 Å². The van der Waals surface area contributed by atoms with E-state index < -0.39 is 41.6 Å². The summed E-state index contributed by atoms with van der Waals surface area (Å²) in [4.78, 5) is 33.6. The average Bonchev–Trinajstić information content (AvgIpc) is 3.32. The van der Waals surface area contributed by atoms with Gasteiger partial charge in [-0.15, -0.1) is 0 Å². The van der Waals surface area contributed by atoms with Crippen LogP contribution < -0.4 is 5.32 Å². The van der Waals surface area contributed by atoms with E-state index in [2.05, 4.69) is 5.32 Å². The second-order valence-electron chi connectivity index (χ2n) is 9.88. The minimum atomic E-state index is -4.58. The zero-order valence-corrected chi connectivity index (χ0v) is 21.6. The number of rotatable bonds is 3. The van der Waals surface area contributed by atoms with Crippen LogP contribution in [0.5, 0.6) is 0 Å². The highest BCUT2D eigenvalue weighted by atomic mass is 19.4. The summed E-state index contributed by atoms with van der Waals surface area (Å²) >= 11 is 0. The Hall–Kier alpha value is -4.35. The molecule has 3 aromatic carbocycles. The highest BCUT2D eigenvalue weighted by Crippen LogP contribution is 2.45. The Morgan fingerprint density at radius 1 is 0.878 bits per heavy atom. The summed E-state index contributed by atoms with van der Waals surface area (Å²) in [6, 6.07) is 13.4. The lowest BCUT2D eigenvalue weighted by Gasteiger charge is -2.35. The van der Waals surface area contributed by atoms with Crippen LogP contribution in [0.1, 0.15) is 45.5 Å². The molecule has 0 bridgehead atoms. The molecule has 1 N–H and O–H groups in total. The lowest BCUT2D eigenvalue weighted by Crippen LogP contribution is -2.55. The Morgan fingerprint density at radius 3 is 2.05 bits per heavy atom. The third-order valence-corrected chi connectivity index (χ3v) is 7.02. The van der Waals surface area contributed by atoms with Gasteiger partial charge in [0.15, 0.2) is 0 Å². The van der Waals surface area contributed by atoms with Crippen LogP contribution in [0.2, 0.25) is 0 Å². The van der Waals surface area contributed by atoms with Crippen molar-refractivity contribution in [2.24, 2.45) is 4.99 Å². The number of hydrogen-bond acceptors (Lipinski definition) is 3. The van der Waals surface area contributed by atoms with E-state index in [-0.39, 0.29) is 36.9 Å². The first kappa shape index (κ1) is 28.2. The van der Waals surface area contributed by atoms with Gasteiger partial charge in [-0.3, -0.25) is 14.7 Å². The molecule has 3 aromatic rings. The fourth-order valence-electron chi connectivity index (χ4n) is 5.03. The molecule has 2 aliphatic rings. The molecule has 2 aliphatic heterocycles. The number of benzene rings is 3. The topological polar surface area (TPSA) is 65.0 Å². The molecule has 1 fully saturated rings. The summed E-state index contributed by atoms with van der Waals surface area (Å²) in [7, 11) is 0. The molecule has 0 radical (unpaired) electrons. The van der Waals surface area contributed by atoms with Crippen LogP contribution in [0.3, 0.4) is 0 Å². The van der Waals surface area contributed by atoms with Gasteiger partial charge in [0.25, 0.3) is 0 Å². The van der Waals surface area contributed by atoms with Crippen LogP contribution in [0.4, 0.5) is 31.1 Å². The number of halogens is 6. The predicted octanol–water partition coefficient (Wildman–Crippen LogP) is 6.13. The zero-order chi connectivity index (χ0) is 29.5. The quantitative estimate of drug-likeness (QED) is 0.383. The number of aliphatic imine (C=N–C) groups is 1. The first-order chi connectivity index (χ1) is 19.3. The maximum atomic E-state index is 14.0. The second-order valence-corrected chi connectivity index (χ2v) is 9.88. The van der Waals surface area contributed by atoms with Gasteiger partial charge in [-0.25, -0.2) is 4.79 Å². The Balaban J connectivity index is 1.66. The van der Waals surface area contributed by atoms with Crippen molar-refractivity contribution in [3.05, 3.63) is 106 Å². The number of amides is 3. The molecule has 2 heterocycles. The van der Waals surface area contributed by atoms with Crippen molar-refractivity contribution in [3.63, 3.8) is 0 Å². The molecular formula is C29H24F6N4O2. The van der Waals surface area contributed by atoms with E-state index in [0.29, 0.717) is 11.1 Å². The normalized spacial score (nSPS) is 19.7. The lowest BCUT2D eigenvalue weighted by atomic mass is 9.92. The summed E-state index contributed by atoms with van der Waals surface area (Å²) in [5, 5.41) is 2.64. The van der Waals surface area contributed by atoms with E-state index in [1.807, 2.05) is 19.1 Å². The summed E-state index contributed by atoms with van der Waals surface area (Å²) in [6.07, 6.45) is -9.14. The van der Waals surface area contributed by atoms with Crippen molar-refractivity contribution in [1.82, 2.24) is 15.1 Å². The van der Waals surface area contributed by atoms with Gasteiger partial charge >= 0.3 is 18.4 Å². The number of nitrogens with zero attached hydrogens (tertiary/aromatic N) is 3. The largest absolute Gasteiger partial charge is 0.416 e. The predicted molar refractivity (Wildman–Crippen MR) is 138 cm³/mol. The highest BCUT2D eigenvalue weighted by molar-refractivity contribution is 6.09. The van der Waals surface area contributed by atoms with Crippen molar-refractivity contribution in [2.75, 3.05) is 19.6 Å². The van der Waals surface area contributed by atoms with Crippen LogP contribution in [-0.2, 0) is 17.1 Å². The molecule has 0 aromatic heterocycles. The van der Waals surface area contributed by atoms with Crippen molar-refractivity contribution in [2.45, 2.75) is 31.4 Å². The van der Waals surface area contributed by atoms with Crippen molar-refractivity contribution in [3.8, 4) is 0 Å². The Bertz CT molecular complexity index is 1480. The first-order valence-corrected chi connectivity index (χ1v) is 12.7. The third-order valence-electron chi connectivity index (χ3n) is 7.02. The molecule has 41 heavy (non-hydrogen) atoms. The number of carbonyl (C=O) groups excluding carboxylic acids is 2. The minimum absolute atomic E-state index is 0.0473. The van der Waals surface area contributed by atoms with E-state index in [1.165, 1.54) is 34.1 Å². The van der Waals surface area contributed by atoms with Crippen molar-refractivity contribution >= 4 is 17.8 Å². The Kier molecular flexibility index (Phi) is 7.26. The van der Waals surface area contributed by atoms with Crippen LogP contribution in [0, 0.1) is 6.92 Å². The van der Waals surface area contributed by atoms with Gasteiger partial charge in [0.1, 0.15) is 18.4 Å². The summed E-state index contributed by atoms with van der Waals surface area (Å²) < 4.78 is 79.7. The Morgan fingerprint density at radius 2 is 1.49 bits per heavy atom. The van der Waals surface area contributed by atoms with E-state index in [4.69, 9.17) is 4.99 Å². The molecule has 5 rings (SSSR count). The van der Waals surface area contributed by atoms with Gasteiger partial charge in [0.2, 0.25) is 5.91 Å². The number of aryl methyl sites for hydroxylation is 1. The van der Waals surface area contributed by atoms with E-state index in [9.17, 15) is 35.9 Å². The average molecular weight is 575 g/mol. The van der Waals surface area contributed by atoms with Crippen LogP contribution in [0.25, 0.3) is 0 Å². The van der Waals surface area contributed by atoms with E-state index in [0.717, 1.165) is 29.8 Å². The smallest absolute Gasteiger partial charge is 0.353 e. The number of carbonyl (C=O) groups is 2. The number of piperazine rings is 1. The van der Waals surface area contributed by atoms with Gasteiger partial charge in [-0.2, -0.15) is 26.3 Å². The molecule has 0 saturated carbocycles. The molecule has 214 valence electrons. The minimum Gasteiger partial charge on any atom is -0.353 e. The third kappa shape index (κ3) is 5.77. The molecule has 1 saturated heterocycles. The number of nitrogens with one attached hydrogen (secondary N) is 1. The van der Waals surface area contributed by atoms with Gasteiger partial charge in [0.05, 0.1) is 17.2 Å². The van der Waals surface area contributed by atoms with Gasteiger partial charge in [-0.05, 0) is 42.3 Å². The monoisotopic (exact) mass is 574 g/mol. The number of urea groups is 1. The first-order valence-electron chi connectivity index (χ1n) is 12.7. The van der Waals surface area contributed by atoms with Crippen LogP contribution in [0.15, 0.2) is 77.8 Å².